The van der Waals surface area contributed by atoms with Crippen molar-refractivity contribution >= 4 is 5.91 Å². The Balaban J connectivity index is 1.67. The standard InChI is InChI=1S/C19H20N4O2/c1-20-12-5-13-21-18(24)19-22-17(23-25-19)16-10-8-15(9-11-16)14-6-3-2-4-7-14/h2-4,6-11,20H,5,12-13H2,1H3,(H,21,24). The number of hydrogen-bond acceptors (Lipinski definition) is 5. The van der Waals surface area contributed by atoms with Gasteiger partial charge in [-0.05, 0) is 31.1 Å². The van der Waals surface area contributed by atoms with Crippen LogP contribution >= 0.6 is 0 Å². The first kappa shape index (κ1) is 16.9. The van der Waals surface area contributed by atoms with Crippen molar-refractivity contribution in [2.45, 2.75) is 6.42 Å². The molecule has 0 bridgehead atoms. The summed E-state index contributed by atoms with van der Waals surface area (Å²) in [7, 11) is 1.87. The highest BCUT2D eigenvalue weighted by molar-refractivity contribution is 5.89. The average Bonchev–Trinajstić information content (AvgIpc) is 3.16. The second kappa shape index (κ2) is 8.21. The molecule has 3 rings (SSSR count). The summed E-state index contributed by atoms with van der Waals surface area (Å²) in [6.45, 7) is 1.40. The molecule has 3 aromatic rings. The van der Waals surface area contributed by atoms with Crippen LogP contribution in [0.15, 0.2) is 59.1 Å². The van der Waals surface area contributed by atoms with Crippen LogP contribution in [0.1, 0.15) is 17.1 Å². The number of rotatable bonds is 7. The zero-order valence-corrected chi connectivity index (χ0v) is 14.0. The van der Waals surface area contributed by atoms with Crippen LogP contribution in [0.3, 0.4) is 0 Å². The smallest absolute Gasteiger partial charge is 0.316 e. The van der Waals surface area contributed by atoms with Crippen molar-refractivity contribution in [2.75, 3.05) is 20.1 Å². The first-order chi connectivity index (χ1) is 12.3. The fourth-order valence-electron chi connectivity index (χ4n) is 2.42. The van der Waals surface area contributed by atoms with E-state index in [0.717, 1.165) is 29.7 Å². The molecule has 6 nitrogen and oxygen atoms in total. The number of carbonyl (C=O) groups is 1. The molecule has 128 valence electrons. The lowest BCUT2D eigenvalue weighted by atomic mass is 10.0. The van der Waals surface area contributed by atoms with Gasteiger partial charge in [0, 0.05) is 12.1 Å². The van der Waals surface area contributed by atoms with Crippen molar-refractivity contribution in [3.05, 3.63) is 60.5 Å². The Kier molecular flexibility index (Phi) is 5.53. The number of hydrogen-bond donors (Lipinski definition) is 2. The molecule has 0 aliphatic carbocycles. The minimum atomic E-state index is -0.351. The SMILES string of the molecule is CNCCCNC(=O)c1nc(-c2ccc(-c3ccccc3)cc2)no1. The second-order valence-electron chi connectivity index (χ2n) is 5.58. The summed E-state index contributed by atoms with van der Waals surface area (Å²) in [5, 5.41) is 9.67. The van der Waals surface area contributed by atoms with E-state index < -0.39 is 0 Å². The Bertz CT molecular complexity index is 813. The van der Waals surface area contributed by atoms with Gasteiger partial charge in [0.25, 0.3) is 0 Å². The summed E-state index contributed by atoms with van der Waals surface area (Å²) < 4.78 is 5.06. The fraction of sp³-hybridized carbons (Fsp3) is 0.211. The average molecular weight is 336 g/mol. The molecule has 2 aromatic carbocycles. The third-order valence-electron chi connectivity index (χ3n) is 3.76. The van der Waals surface area contributed by atoms with Gasteiger partial charge in [0.2, 0.25) is 5.82 Å². The van der Waals surface area contributed by atoms with E-state index in [9.17, 15) is 4.79 Å². The molecule has 0 aliphatic heterocycles. The van der Waals surface area contributed by atoms with Gasteiger partial charge in [-0.15, -0.1) is 0 Å². The van der Waals surface area contributed by atoms with Crippen LogP contribution < -0.4 is 10.6 Å². The topological polar surface area (TPSA) is 80.0 Å². The Morgan fingerprint density at radius 3 is 2.36 bits per heavy atom. The van der Waals surface area contributed by atoms with Gasteiger partial charge in [-0.2, -0.15) is 4.98 Å². The molecule has 1 aromatic heterocycles. The van der Waals surface area contributed by atoms with Crippen molar-refractivity contribution in [3.63, 3.8) is 0 Å². The first-order valence-corrected chi connectivity index (χ1v) is 8.20. The zero-order valence-electron chi connectivity index (χ0n) is 14.0. The molecule has 1 heterocycles. The van der Waals surface area contributed by atoms with Crippen LogP contribution in [-0.4, -0.2) is 36.2 Å². The van der Waals surface area contributed by atoms with E-state index in [1.54, 1.807) is 0 Å². The van der Waals surface area contributed by atoms with Gasteiger partial charge >= 0.3 is 11.8 Å². The van der Waals surface area contributed by atoms with Crippen molar-refractivity contribution in [3.8, 4) is 22.5 Å². The summed E-state index contributed by atoms with van der Waals surface area (Å²) in [4.78, 5) is 16.1. The summed E-state index contributed by atoms with van der Waals surface area (Å²) in [5.74, 6) is 0.0299. The van der Waals surface area contributed by atoms with E-state index in [-0.39, 0.29) is 11.8 Å². The van der Waals surface area contributed by atoms with E-state index in [2.05, 4.69) is 32.9 Å². The number of nitrogens with zero attached hydrogens (tertiary/aromatic N) is 2. The normalized spacial score (nSPS) is 10.6. The lowest BCUT2D eigenvalue weighted by Gasteiger charge is -2.02. The van der Waals surface area contributed by atoms with E-state index in [1.165, 1.54) is 0 Å². The number of nitrogens with one attached hydrogen (secondary N) is 2. The molecule has 0 spiro atoms. The molecule has 0 aliphatic rings. The monoisotopic (exact) mass is 336 g/mol. The van der Waals surface area contributed by atoms with Crippen molar-refractivity contribution in [1.29, 1.82) is 0 Å². The molecule has 6 heteroatoms. The van der Waals surface area contributed by atoms with Crippen LogP contribution in [0.5, 0.6) is 0 Å². The number of aromatic nitrogens is 2. The van der Waals surface area contributed by atoms with Gasteiger partial charge in [0.05, 0.1) is 0 Å². The summed E-state index contributed by atoms with van der Waals surface area (Å²) in [6.07, 6.45) is 0.837. The lowest BCUT2D eigenvalue weighted by molar-refractivity contribution is 0.0909. The van der Waals surface area contributed by atoms with Gasteiger partial charge in [-0.3, -0.25) is 4.79 Å². The maximum absolute atomic E-state index is 12.0. The minimum absolute atomic E-state index is 0.0217. The van der Waals surface area contributed by atoms with E-state index in [1.807, 2.05) is 49.5 Å². The summed E-state index contributed by atoms with van der Waals surface area (Å²) >= 11 is 0. The van der Waals surface area contributed by atoms with Crippen molar-refractivity contribution in [2.24, 2.45) is 0 Å². The molecule has 25 heavy (non-hydrogen) atoms. The molecule has 2 N–H and O–H groups in total. The molecule has 0 unspecified atom stereocenters. The predicted molar refractivity (Wildman–Crippen MR) is 96.0 cm³/mol. The van der Waals surface area contributed by atoms with Gasteiger partial charge < -0.3 is 15.2 Å². The Hall–Kier alpha value is -2.99. The molecule has 0 saturated carbocycles. The fourth-order valence-corrected chi connectivity index (χ4v) is 2.42. The Labute approximate surface area is 146 Å². The minimum Gasteiger partial charge on any atom is -0.348 e. The highest BCUT2D eigenvalue weighted by Gasteiger charge is 2.15. The van der Waals surface area contributed by atoms with Gasteiger partial charge in [0.15, 0.2) is 0 Å². The first-order valence-electron chi connectivity index (χ1n) is 8.20. The van der Waals surface area contributed by atoms with E-state index in [4.69, 9.17) is 4.52 Å². The predicted octanol–water partition coefficient (Wildman–Crippen LogP) is 2.74. The van der Waals surface area contributed by atoms with E-state index in [0.29, 0.717) is 12.4 Å². The van der Waals surface area contributed by atoms with E-state index >= 15 is 0 Å². The maximum atomic E-state index is 12.0. The molecule has 0 atom stereocenters. The summed E-state index contributed by atoms with van der Waals surface area (Å²) in [6, 6.07) is 17.9. The van der Waals surface area contributed by atoms with Crippen molar-refractivity contribution < 1.29 is 9.32 Å². The largest absolute Gasteiger partial charge is 0.348 e. The molecule has 0 fully saturated rings. The molecule has 0 saturated heterocycles. The van der Waals surface area contributed by atoms with Gasteiger partial charge in [-0.1, -0.05) is 59.8 Å². The zero-order chi connectivity index (χ0) is 17.5. The Morgan fingerprint density at radius 2 is 1.64 bits per heavy atom. The van der Waals surface area contributed by atoms with Crippen LogP contribution in [0.2, 0.25) is 0 Å². The molecular formula is C19H20N4O2. The third-order valence-corrected chi connectivity index (χ3v) is 3.76. The van der Waals surface area contributed by atoms with Gasteiger partial charge in [-0.25, -0.2) is 0 Å². The summed E-state index contributed by atoms with van der Waals surface area (Å²) in [5.41, 5.74) is 3.05. The number of carbonyl (C=O) groups excluding carboxylic acids is 1. The highest BCUT2D eigenvalue weighted by atomic mass is 16.5. The van der Waals surface area contributed by atoms with Crippen LogP contribution in [0.4, 0.5) is 0 Å². The second-order valence-corrected chi connectivity index (χ2v) is 5.58. The van der Waals surface area contributed by atoms with Crippen LogP contribution in [-0.2, 0) is 0 Å². The molecular weight excluding hydrogens is 316 g/mol. The van der Waals surface area contributed by atoms with Crippen molar-refractivity contribution in [1.82, 2.24) is 20.8 Å². The molecule has 1 amide bonds. The number of benzene rings is 2. The third kappa shape index (κ3) is 4.30. The maximum Gasteiger partial charge on any atom is 0.316 e. The number of amides is 1. The van der Waals surface area contributed by atoms with Crippen LogP contribution in [0.25, 0.3) is 22.5 Å². The quantitative estimate of drug-likeness (QED) is 0.649. The lowest BCUT2D eigenvalue weighted by Crippen LogP contribution is -2.26. The Morgan fingerprint density at radius 1 is 0.960 bits per heavy atom. The molecule has 0 radical (unpaired) electrons. The van der Waals surface area contributed by atoms with Crippen LogP contribution in [0, 0.1) is 0 Å². The van der Waals surface area contributed by atoms with Gasteiger partial charge in [0.1, 0.15) is 0 Å². The highest BCUT2D eigenvalue weighted by Crippen LogP contribution is 2.23.